The summed E-state index contributed by atoms with van der Waals surface area (Å²) in [5.74, 6) is -3.00. The predicted octanol–water partition coefficient (Wildman–Crippen LogP) is 3.20. The average molecular weight is 431 g/mol. The SMILES string of the molecule is COc1cc(/C=C2\SC(=S)N(c3cc(C(=O)O)cc(C(=O)O)c3)C2=O)ccc1O. The molecule has 0 radical (unpaired) electrons. The second kappa shape index (κ2) is 7.94. The van der Waals surface area contributed by atoms with Gasteiger partial charge in [0, 0.05) is 0 Å². The van der Waals surface area contributed by atoms with Crippen molar-refractivity contribution in [2.24, 2.45) is 0 Å². The third-order valence-corrected chi connectivity index (χ3v) is 5.27. The minimum Gasteiger partial charge on any atom is -0.504 e. The summed E-state index contributed by atoms with van der Waals surface area (Å²) in [5, 5.41) is 28.1. The highest BCUT2D eigenvalue weighted by molar-refractivity contribution is 8.27. The van der Waals surface area contributed by atoms with Crippen LogP contribution < -0.4 is 9.64 Å². The van der Waals surface area contributed by atoms with Crippen molar-refractivity contribution in [3.05, 3.63) is 58.0 Å². The minimum absolute atomic E-state index is 0.0520. The number of phenolic OH excluding ortho intramolecular Hbond substituents is 1. The van der Waals surface area contributed by atoms with Gasteiger partial charge in [0.15, 0.2) is 15.8 Å². The summed E-state index contributed by atoms with van der Waals surface area (Å²) < 4.78 is 5.17. The molecule has 0 atom stereocenters. The summed E-state index contributed by atoms with van der Waals surface area (Å²) in [6, 6.07) is 7.91. The number of aromatic hydroxyl groups is 1. The van der Waals surface area contributed by atoms with Crippen molar-refractivity contribution < 1.29 is 34.4 Å². The third-order valence-electron chi connectivity index (χ3n) is 3.97. The molecule has 8 nitrogen and oxygen atoms in total. The largest absolute Gasteiger partial charge is 0.504 e. The number of benzene rings is 2. The van der Waals surface area contributed by atoms with E-state index in [1.54, 1.807) is 12.1 Å². The molecule has 1 heterocycles. The van der Waals surface area contributed by atoms with Crippen molar-refractivity contribution in [2.75, 3.05) is 12.0 Å². The van der Waals surface area contributed by atoms with Gasteiger partial charge >= 0.3 is 11.9 Å². The van der Waals surface area contributed by atoms with Crippen LogP contribution in [0, 0.1) is 0 Å². The Balaban J connectivity index is 2.01. The fraction of sp³-hybridized carbons (Fsp3) is 0.0526. The maximum Gasteiger partial charge on any atom is 0.335 e. The van der Waals surface area contributed by atoms with Gasteiger partial charge in [-0.15, -0.1) is 0 Å². The molecule has 29 heavy (non-hydrogen) atoms. The van der Waals surface area contributed by atoms with Gasteiger partial charge in [-0.1, -0.05) is 30.0 Å². The van der Waals surface area contributed by atoms with Crippen LogP contribution in [0.1, 0.15) is 26.3 Å². The van der Waals surface area contributed by atoms with Gasteiger partial charge in [0.1, 0.15) is 0 Å². The summed E-state index contributed by atoms with van der Waals surface area (Å²) in [5.41, 5.74) is 0.0737. The number of carbonyl (C=O) groups excluding carboxylic acids is 1. The number of hydrogen-bond donors (Lipinski definition) is 3. The van der Waals surface area contributed by atoms with Crippen molar-refractivity contribution >= 4 is 57.9 Å². The Labute approximate surface area is 174 Å². The predicted molar refractivity (Wildman–Crippen MR) is 111 cm³/mol. The monoisotopic (exact) mass is 431 g/mol. The van der Waals surface area contributed by atoms with Crippen LogP contribution >= 0.6 is 24.0 Å². The third kappa shape index (κ3) is 4.08. The van der Waals surface area contributed by atoms with Crippen molar-refractivity contribution in [3.8, 4) is 11.5 Å². The van der Waals surface area contributed by atoms with Crippen LogP contribution in [-0.4, -0.2) is 44.6 Å². The smallest absolute Gasteiger partial charge is 0.335 e. The molecule has 0 aromatic heterocycles. The minimum atomic E-state index is -1.33. The molecule has 0 spiro atoms. The maximum atomic E-state index is 12.9. The number of aromatic carboxylic acids is 2. The number of rotatable bonds is 5. The lowest BCUT2D eigenvalue weighted by molar-refractivity contribution is -0.113. The molecule has 3 rings (SSSR count). The fourth-order valence-corrected chi connectivity index (χ4v) is 3.91. The number of thioether (sulfide) groups is 1. The highest BCUT2D eigenvalue weighted by Gasteiger charge is 2.34. The lowest BCUT2D eigenvalue weighted by atomic mass is 10.1. The molecule has 0 unspecified atom stereocenters. The fourth-order valence-electron chi connectivity index (χ4n) is 2.61. The van der Waals surface area contributed by atoms with E-state index in [0.717, 1.165) is 22.7 Å². The number of thiocarbonyl (C=S) groups is 1. The van der Waals surface area contributed by atoms with E-state index >= 15 is 0 Å². The lowest BCUT2D eigenvalue weighted by Gasteiger charge is -2.16. The summed E-state index contributed by atoms with van der Waals surface area (Å²) >= 11 is 6.24. The number of methoxy groups -OCH3 is 1. The van der Waals surface area contributed by atoms with E-state index in [4.69, 9.17) is 17.0 Å². The van der Waals surface area contributed by atoms with Gasteiger partial charge in [-0.25, -0.2) is 9.59 Å². The van der Waals surface area contributed by atoms with Gasteiger partial charge in [0.2, 0.25) is 0 Å². The highest BCUT2D eigenvalue weighted by atomic mass is 32.2. The van der Waals surface area contributed by atoms with E-state index in [1.807, 2.05) is 0 Å². The summed E-state index contributed by atoms with van der Waals surface area (Å²) in [6.07, 6.45) is 1.54. The Kier molecular flexibility index (Phi) is 5.57. The molecule has 148 valence electrons. The number of ether oxygens (including phenoxy) is 1. The first-order chi connectivity index (χ1) is 13.7. The zero-order valence-corrected chi connectivity index (χ0v) is 16.4. The van der Waals surface area contributed by atoms with Crippen LogP contribution in [0.5, 0.6) is 11.5 Å². The Morgan fingerprint density at radius 3 is 2.28 bits per heavy atom. The zero-order valence-electron chi connectivity index (χ0n) is 14.8. The molecule has 10 heteroatoms. The van der Waals surface area contributed by atoms with Crippen LogP contribution in [0.25, 0.3) is 6.08 Å². The van der Waals surface area contributed by atoms with Crippen molar-refractivity contribution in [1.82, 2.24) is 0 Å². The molecule has 0 bridgehead atoms. The first-order valence-corrected chi connectivity index (χ1v) is 9.20. The molecule has 3 N–H and O–H groups in total. The zero-order chi connectivity index (χ0) is 21.3. The standard InChI is InChI=1S/C19H13NO7S2/c1-27-14-4-9(2-3-13(14)21)5-15-16(22)20(19(28)29-15)12-7-10(17(23)24)6-11(8-12)18(25)26/h2-8,21H,1H3,(H,23,24)(H,25,26)/b15-5-. The molecule has 1 amide bonds. The first-order valence-electron chi connectivity index (χ1n) is 7.98. The Hall–Kier alpha value is -3.37. The van der Waals surface area contributed by atoms with Crippen LogP contribution in [0.3, 0.4) is 0 Å². The number of nitrogens with zero attached hydrogens (tertiary/aromatic N) is 1. The van der Waals surface area contributed by atoms with Crippen molar-refractivity contribution in [2.45, 2.75) is 0 Å². The number of carboxylic acid groups (broad SMARTS) is 2. The van der Waals surface area contributed by atoms with Gasteiger partial charge < -0.3 is 20.1 Å². The molecule has 1 fully saturated rings. The first kappa shape index (κ1) is 20.4. The molecule has 2 aromatic rings. The number of carboxylic acids is 2. The second-order valence-electron chi connectivity index (χ2n) is 5.83. The normalized spacial score (nSPS) is 15.1. The van der Waals surface area contributed by atoms with E-state index in [1.165, 1.54) is 31.4 Å². The van der Waals surface area contributed by atoms with E-state index in [0.29, 0.717) is 5.56 Å². The van der Waals surface area contributed by atoms with Crippen LogP contribution in [0.15, 0.2) is 41.3 Å². The Morgan fingerprint density at radius 2 is 1.72 bits per heavy atom. The molecule has 0 saturated carbocycles. The number of phenols is 1. The molecule has 1 aliphatic rings. The topological polar surface area (TPSA) is 124 Å². The highest BCUT2D eigenvalue weighted by Crippen LogP contribution is 2.37. The van der Waals surface area contributed by atoms with E-state index in [-0.39, 0.29) is 37.5 Å². The van der Waals surface area contributed by atoms with Crippen LogP contribution in [0.4, 0.5) is 5.69 Å². The van der Waals surface area contributed by atoms with Gasteiger partial charge in [-0.05, 0) is 42.0 Å². The van der Waals surface area contributed by atoms with Gasteiger partial charge in [-0.2, -0.15) is 0 Å². The average Bonchev–Trinajstić information content (AvgIpc) is 2.95. The summed E-state index contributed by atoms with van der Waals surface area (Å²) in [6.45, 7) is 0. The number of hydrogen-bond acceptors (Lipinski definition) is 7. The van der Waals surface area contributed by atoms with Gasteiger partial charge in [0.25, 0.3) is 5.91 Å². The maximum absolute atomic E-state index is 12.9. The van der Waals surface area contributed by atoms with Crippen LogP contribution in [0.2, 0.25) is 0 Å². The van der Waals surface area contributed by atoms with E-state index < -0.39 is 17.8 Å². The molecular formula is C19H13NO7S2. The van der Waals surface area contributed by atoms with E-state index in [2.05, 4.69) is 0 Å². The number of amides is 1. The second-order valence-corrected chi connectivity index (χ2v) is 7.50. The summed E-state index contributed by atoms with van der Waals surface area (Å²) in [4.78, 5) is 36.9. The van der Waals surface area contributed by atoms with Gasteiger partial charge in [0.05, 0.1) is 28.8 Å². The molecule has 1 aliphatic heterocycles. The lowest BCUT2D eigenvalue weighted by Crippen LogP contribution is -2.28. The Bertz CT molecular complexity index is 1060. The van der Waals surface area contributed by atoms with Crippen molar-refractivity contribution in [1.29, 1.82) is 0 Å². The Morgan fingerprint density at radius 1 is 1.10 bits per heavy atom. The summed E-state index contributed by atoms with van der Waals surface area (Å²) in [7, 11) is 1.40. The molecular weight excluding hydrogens is 418 g/mol. The van der Waals surface area contributed by atoms with Gasteiger partial charge in [-0.3, -0.25) is 9.69 Å². The number of carbonyl (C=O) groups is 3. The van der Waals surface area contributed by atoms with E-state index in [9.17, 15) is 29.7 Å². The van der Waals surface area contributed by atoms with Crippen LogP contribution in [-0.2, 0) is 4.79 Å². The quantitative estimate of drug-likeness (QED) is 0.483. The number of anilines is 1. The molecule has 2 aromatic carbocycles. The molecule has 1 saturated heterocycles. The molecule has 0 aliphatic carbocycles. The van der Waals surface area contributed by atoms with Crippen molar-refractivity contribution in [3.63, 3.8) is 0 Å².